The van der Waals surface area contributed by atoms with Crippen molar-refractivity contribution < 1.29 is 23.8 Å². The quantitative estimate of drug-likeness (QED) is 0.402. The van der Waals surface area contributed by atoms with Crippen LogP contribution in [-0.2, 0) is 20.7 Å². The fourth-order valence-corrected chi connectivity index (χ4v) is 2.95. The number of hydrogen-bond acceptors (Lipinski definition) is 6. The standard InChI is InChI=1S/C21H23N3O5/c1-27-19(25)10-7-14-5-8-17(9-6-14)28-13-18-12-24(21(26)29-18)16-4-2-3-15(11-16)20(22)23/h2-6,8-9,11,18H,7,10,12-13H2,1H3,(H3,22,23). The fourth-order valence-electron chi connectivity index (χ4n) is 2.95. The van der Waals surface area contributed by atoms with Crippen molar-refractivity contribution in [3.8, 4) is 5.75 Å². The lowest BCUT2D eigenvalue weighted by atomic mass is 10.1. The van der Waals surface area contributed by atoms with Crippen LogP contribution in [0, 0.1) is 5.41 Å². The summed E-state index contributed by atoms with van der Waals surface area (Å²) < 4.78 is 15.7. The molecule has 2 aromatic rings. The van der Waals surface area contributed by atoms with Crippen LogP contribution in [0.25, 0.3) is 0 Å². The number of nitrogen functional groups attached to an aromatic ring is 1. The first-order valence-electron chi connectivity index (χ1n) is 9.17. The van der Waals surface area contributed by atoms with E-state index in [1.165, 1.54) is 12.0 Å². The molecule has 0 saturated carbocycles. The minimum atomic E-state index is -0.461. The molecular weight excluding hydrogens is 374 g/mol. The number of hydrogen-bond donors (Lipinski definition) is 2. The highest BCUT2D eigenvalue weighted by Crippen LogP contribution is 2.23. The molecule has 1 atom stereocenters. The zero-order valence-corrected chi connectivity index (χ0v) is 16.1. The van der Waals surface area contributed by atoms with E-state index in [-0.39, 0.29) is 18.4 Å². The molecule has 0 spiro atoms. The molecule has 1 saturated heterocycles. The van der Waals surface area contributed by atoms with Crippen LogP contribution in [0.2, 0.25) is 0 Å². The third-order valence-electron chi connectivity index (χ3n) is 4.55. The number of methoxy groups -OCH3 is 1. The maximum atomic E-state index is 12.2. The van der Waals surface area contributed by atoms with Crippen LogP contribution in [-0.4, -0.2) is 44.3 Å². The van der Waals surface area contributed by atoms with Crippen molar-refractivity contribution in [2.75, 3.05) is 25.2 Å². The number of nitrogens with one attached hydrogen (secondary N) is 1. The molecule has 1 unspecified atom stereocenters. The average Bonchev–Trinajstić information content (AvgIpc) is 3.11. The Morgan fingerprint density at radius 3 is 2.72 bits per heavy atom. The molecule has 8 nitrogen and oxygen atoms in total. The topological polar surface area (TPSA) is 115 Å². The summed E-state index contributed by atoms with van der Waals surface area (Å²) in [7, 11) is 1.37. The van der Waals surface area contributed by atoms with Gasteiger partial charge in [-0.25, -0.2) is 4.79 Å². The number of amides is 1. The van der Waals surface area contributed by atoms with Gasteiger partial charge < -0.3 is 19.9 Å². The zero-order valence-electron chi connectivity index (χ0n) is 16.1. The second kappa shape index (κ2) is 9.09. The first-order chi connectivity index (χ1) is 14.0. The largest absolute Gasteiger partial charge is 0.490 e. The Morgan fingerprint density at radius 1 is 1.28 bits per heavy atom. The lowest BCUT2D eigenvalue weighted by molar-refractivity contribution is -0.140. The second-order valence-electron chi connectivity index (χ2n) is 6.61. The number of aryl methyl sites for hydroxylation is 1. The van der Waals surface area contributed by atoms with Gasteiger partial charge in [-0.3, -0.25) is 15.1 Å². The molecule has 0 radical (unpaired) electrons. The van der Waals surface area contributed by atoms with Crippen molar-refractivity contribution >= 4 is 23.6 Å². The summed E-state index contributed by atoms with van der Waals surface area (Å²) in [5, 5.41) is 7.53. The van der Waals surface area contributed by atoms with Crippen LogP contribution in [0.3, 0.4) is 0 Å². The number of benzene rings is 2. The van der Waals surface area contributed by atoms with Gasteiger partial charge in [-0.1, -0.05) is 24.3 Å². The minimum absolute atomic E-state index is 0.0608. The molecule has 1 heterocycles. The monoisotopic (exact) mass is 397 g/mol. The molecule has 0 bridgehead atoms. The smallest absolute Gasteiger partial charge is 0.414 e. The van der Waals surface area contributed by atoms with Gasteiger partial charge in [0.2, 0.25) is 0 Å². The third-order valence-corrected chi connectivity index (χ3v) is 4.55. The average molecular weight is 397 g/mol. The molecule has 1 aliphatic rings. The zero-order chi connectivity index (χ0) is 20.8. The fraction of sp³-hybridized carbons (Fsp3) is 0.286. The SMILES string of the molecule is COC(=O)CCc1ccc(OCC2CN(c3cccc(C(=N)N)c3)C(=O)O2)cc1. The summed E-state index contributed by atoms with van der Waals surface area (Å²) >= 11 is 0. The van der Waals surface area contributed by atoms with E-state index < -0.39 is 12.2 Å². The molecule has 1 fully saturated rings. The van der Waals surface area contributed by atoms with E-state index in [1.807, 2.05) is 24.3 Å². The molecule has 1 aliphatic heterocycles. The summed E-state index contributed by atoms with van der Waals surface area (Å²) in [6, 6.07) is 14.3. The van der Waals surface area contributed by atoms with E-state index in [4.69, 9.17) is 20.6 Å². The molecule has 8 heteroatoms. The number of ether oxygens (including phenoxy) is 3. The highest BCUT2D eigenvalue weighted by molar-refractivity contribution is 5.97. The van der Waals surface area contributed by atoms with Crippen LogP contribution < -0.4 is 15.4 Å². The van der Waals surface area contributed by atoms with E-state index >= 15 is 0 Å². The summed E-state index contributed by atoms with van der Waals surface area (Å²) in [5.74, 6) is 0.348. The van der Waals surface area contributed by atoms with Gasteiger partial charge >= 0.3 is 12.1 Å². The molecular formula is C21H23N3O5. The summed E-state index contributed by atoms with van der Waals surface area (Å²) in [4.78, 5) is 24.9. The molecule has 29 heavy (non-hydrogen) atoms. The molecule has 1 amide bonds. The van der Waals surface area contributed by atoms with E-state index in [9.17, 15) is 9.59 Å². The number of amidine groups is 1. The van der Waals surface area contributed by atoms with Crippen molar-refractivity contribution in [3.05, 3.63) is 59.7 Å². The maximum absolute atomic E-state index is 12.2. The summed E-state index contributed by atoms with van der Waals surface area (Å²) in [5.41, 5.74) is 7.69. The lowest BCUT2D eigenvalue weighted by Crippen LogP contribution is -2.27. The first-order valence-corrected chi connectivity index (χ1v) is 9.17. The molecule has 0 aliphatic carbocycles. The number of nitrogens with two attached hydrogens (primary N) is 1. The summed E-state index contributed by atoms with van der Waals surface area (Å²) in [6.45, 7) is 0.563. The highest BCUT2D eigenvalue weighted by atomic mass is 16.6. The minimum Gasteiger partial charge on any atom is -0.490 e. The van der Waals surface area contributed by atoms with Crippen molar-refractivity contribution in [1.29, 1.82) is 5.41 Å². The van der Waals surface area contributed by atoms with Gasteiger partial charge in [0, 0.05) is 17.7 Å². The van der Waals surface area contributed by atoms with Crippen molar-refractivity contribution in [2.24, 2.45) is 5.73 Å². The van der Waals surface area contributed by atoms with E-state index in [1.54, 1.807) is 24.3 Å². The normalized spacial score (nSPS) is 15.7. The van der Waals surface area contributed by atoms with Crippen LogP contribution >= 0.6 is 0 Å². The van der Waals surface area contributed by atoms with Crippen molar-refractivity contribution in [3.63, 3.8) is 0 Å². The van der Waals surface area contributed by atoms with Gasteiger partial charge in [-0.2, -0.15) is 0 Å². The van der Waals surface area contributed by atoms with Crippen molar-refractivity contribution in [1.82, 2.24) is 0 Å². The van der Waals surface area contributed by atoms with Gasteiger partial charge in [0.15, 0.2) is 6.10 Å². The Balaban J connectivity index is 1.53. The van der Waals surface area contributed by atoms with Gasteiger partial charge in [0.05, 0.1) is 13.7 Å². The molecule has 3 rings (SSSR count). The Kier molecular flexibility index (Phi) is 6.33. The third kappa shape index (κ3) is 5.25. The number of nitrogens with zero attached hydrogens (tertiary/aromatic N) is 1. The Morgan fingerprint density at radius 2 is 2.03 bits per heavy atom. The van der Waals surface area contributed by atoms with Crippen LogP contribution in [0.1, 0.15) is 17.5 Å². The molecule has 0 aromatic heterocycles. The van der Waals surface area contributed by atoms with Gasteiger partial charge in [-0.15, -0.1) is 0 Å². The van der Waals surface area contributed by atoms with Crippen LogP contribution in [0.4, 0.5) is 10.5 Å². The molecule has 2 aromatic carbocycles. The van der Waals surface area contributed by atoms with E-state index in [0.717, 1.165) is 5.56 Å². The number of carbonyl (C=O) groups excluding carboxylic acids is 2. The number of carbonyl (C=O) groups is 2. The van der Waals surface area contributed by atoms with Gasteiger partial charge in [0.1, 0.15) is 18.2 Å². The lowest BCUT2D eigenvalue weighted by Gasteiger charge is -2.14. The Bertz CT molecular complexity index is 897. The first kappa shape index (κ1) is 20.2. The van der Waals surface area contributed by atoms with E-state index in [0.29, 0.717) is 36.4 Å². The van der Waals surface area contributed by atoms with Crippen LogP contribution in [0.5, 0.6) is 5.75 Å². The molecule has 152 valence electrons. The summed E-state index contributed by atoms with van der Waals surface area (Å²) in [6.07, 6.45) is 0.0524. The molecule has 3 N–H and O–H groups in total. The predicted octanol–water partition coefficient (Wildman–Crippen LogP) is 2.48. The number of rotatable bonds is 8. The maximum Gasteiger partial charge on any atom is 0.414 e. The second-order valence-corrected chi connectivity index (χ2v) is 6.61. The Labute approximate surface area is 168 Å². The Hall–Kier alpha value is -3.55. The number of esters is 1. The highest BCUT2D eigenvalue weighted by Gasteiger charge is 2.33. The number of anilines is 1. The predicted molar refractivity (Wildman–Crippen MR) is 107 cm³/mol. The number of cyclic esters (lactones) is 1. The van der Waals surface area contributed by atoms with Gasteiger partial charge in [-0.05, 0) is 36.2 Å². The van der Waals surface area contributed by atoms with Crippen LogP contribution in [0.15, 0.2) is 48.5 Å². The van der Waals surface area contributed by atoms with Crippen molar-refractivity contribution in [2.45, 2.75) is 18.9 Å². The van der Waals surface area contributed by atoms with Gasteiger partial charge in [0.25, 0.3) is 0 Å². The van der Waals surface area contributed by atoms with E-state index in [2.05, 4.69) is 4.74 Å².